The van der Waals surface area contributed by atoms with E-state index in [1.165, 1.54) is 19.3 Å². The van der Waals surface area contributed by atoms with E-state index in [-0.39, 0.29) is 5.75 Å². The number of rotatable bonds is 8. The van der Waals surface area contributed by atoms with Crippen molar-refractivity contribution in [1.29, 1.82) is 0 Å². The number of hydrogen-bond donors (Lipinski definition) is 2. The average Bonchev–Trinajstić information content (AvgIpc) is 2.14. The number of nitrogens with one attached hydrogen (secondary N) is 2. The molecule has 0 spiro atoms. The van der Waals surface area contributed by atoms with Crippen LogP contribution in [0.4, 0.5) is 0 Å². The third-order valence-corrected chi connectivity index (χ3v) is 4.64. The monoisotopic (exact) mass is 248 g/mol. The van der Waals surface area contributed by atoms with Gasteiger partial charge in [-0.1, -0.05) is 13.3 Å². The second-order valence-corrected chi connectivity index (χ2v) is 6.65. The molecule has 0 aromatic rings. The molecule has 1 unspecified atom stereocenters. The van der Waals surface area contributed by atoms with E-state index in [0.29, 0.717) is 25.0 Å². The Balaban J connectivity index is 2.12. The van der Waals surface area contributed by atoms with Gasteiger partial charge in [0.2, 0.25) is 10.0 Å². The van der Waals surface area contributed by atoms with Crippen molar-refractivity contribution in [3.8, 4) is 0 Å². The van der Waals surface area contributed by atoms with E-state index in [2.05, 4.69) is 23.9 Å². The summed E-state index contributed by atoms with van der Waals surface area (Å²) in [4.78, 5) is 0. The maximum absolute atomic E-state index is 11.6. The first-order valence-electron chi connectivity index (χ1n) is 6.24. The summed E-state index contributed by atoms with van der Waals surface area (Å²) in [6.45, 7) is 5.32. The molecule has 0 aliphatic heterocycles. The highest BCUT2D eigenvalue weighted by Gasteiger charge is 2.19. The molecule has 96 valence electrons. The largest absolute Gasteiger partial charge is 0.313 e. The molecule has 1 aliphatic rings. The van der Waals surface area contributed by atoms with Crippen LogP contribution in [0.25, 0.3) is 0 Å². The maximum Gasteiger partial charge on any atom is 0.212 e. The zero-order valence-corrected chi connectivity index (χ0v) is 11.1. The number of hydrogen-bond acceptors (Lipinski definition) is 3. The Labute approximate surface area is 99.2 Å². The normalized spacial score (nSPS) is 19.4. The second kappa shape index (κ2) is 6.57. The third-order valence-electron chi connectivity index (χ3n) is 3.29. The molecule has 0 saturated heterocycles. The Hall–Kier alpha value is -0.130. The van der Waals surface area contributed by atoms with Crippen molar-refractivity contribution < 1.29 is 8.42 Å². The van der Waals surface area contributed by atoms with Gasteiger partial charge in [-0.05, 0) is 32.1 Å². The molecule has 16 heavy (non-hydrogen) atoms. The lowest BCUT2D eigenvalue weighted by Crippen LogP contribution is -2.38. The lowest BCUT2D eigenvalue weighted by molar-refractivity contribution is 0.316. The molecule has 5 heteroatoms. The van der Waals surface area contributed by atoms with Crippen LogP contribution < -0.4 is 10.0 Å². The van der Waals surface area contributed by atoms with Gasteiger partial charge in [0.15, 0.2) is 0 Å². The standard InChI is InChI=1S/C11H24N2O2S/c1-3-10(2)12-7-8-16(14,15)13-9-11-5-4-6-11/h10-13H,3-9H2,1-2H3. The summed E-state index contributed by atoms with van der Waals surface area (Å²) in [5.74, 6) is 0.765. The Bertz CT molecular complexity index is 286. The third kappa shape index (κ3) is 5.27. The summed E-state index contributed by atoms with van der Waals surface area (Å²) in [5, 5.41) is 3.18. The summed E-state index contributed by atoms with van der Waals surface area (Å²) < 4.78 is 25.9. The molecule has 1 rings (SSSR count). The van der Waals surface area contributed by atoms with Crippen molar-refractivity contribution in [3.05, 3.63) is 0 Å². The highest BCUT2D eigenvalue weighted by Crippen LogP contribution is 2.25. The zero-order valence-electron chi connectivity index (χ0n) is 10.3. The predicted molar refractivity (Wildman–Crippen MR) is 66.9 cm³/mol. The van der Waals surface area contributed by atoms with Crippen LogP contribution in [0.5, 0.6) is 0 Å². The smallest absolute Gasteiger partial charge is 0.212 e. The van der Waals surface area contributed by atoms with Gasteiger partial charge in [-0.15, -0.1) is 0 Å². The molecular weight excluding hydrogens is 224 g/mol. The van der Waals surface area contributed by atoms with Crippen LogP contribution in [0.15, 0.2) is 0 Å². The van der Waals surface area contributed by atoms with Gasteiger partial charge in [-0.25, -0.2) is 13.1 Å². The van der Waals surface area contributed by atoms with Gasteiger partial charge < -0.3 is 5.32 Å². The quantitative estimate of drug-likeness (QED) is 0.676. The topological polar surface area (TPSA) is 58.2 Å². The Morgan fingerprint density at radius 3 is 2.56 bits per heavy atom. The molecule has 1 aliphatic carbocycles. The highest BCUT2D eigenvalue weighted by atomic mass is 32.2. The first-order chi connectivity index (χ1) is 7.53. The minimum Gasteiger partial charge on any atom is -0.313 e. The van der Waals surface area contributed by atoms with Crippen LogP contribution in [-0.4, -0.2) is 33.3 Å². The fraction of sp³-hybridized carbons (Fsp3) is 1.00. The summed E-state index contributed by atoms with van der Waals surface area (Å²) >= 11 is 0. The first-order valence-corrected chi connectivity index (χ1v) is 7.89. The van der Waals surface area contributed by atoms with Crippen LogP contribution in [0, 0.1) is 5.92 Å². The van der Waals surface area contributed by atoms with Crippen LogP contribution in [0.1, 0.15) is 39.5 Å². The van der Waals surface area contributed by atoms with E-state index in [0.717, 1.165) is 6.42 Å². The molecule has 0 amide bonds. The molecule has 4 nitrogen and oxygen atoms in total. The molecule has 1 atom stereocenters. The Morgan fingerprint density at radius 2 is 2.06 bits per heavy atom. The van der Waals surface area contributed by atoms with Gasteiger partial charge in [-0.2, -0.15) is 0 Å². The van der Waals surface area contributed by atoms with Crippen LogP contribution in [-0.2, 0) is 10.0 Å². The summed E-state index contributed by atoms with van der Waals surface area (Å²) in [6.07, 6.45) is 4.62. The van der Waals surface area contributed by atoms with E-state index in [9.17, 15) is 8.42 Å². The van der Waals surface area contributed by atoms with Crippen LogP contribution >= 0.6 is 0 Å². The van der Waals surface area contributed by atoms with Gasteiger partial charge in [0.1, 0.15) is 0 Å². The molecule has 1 saturated carbocycles. The number of sulfonamides is 1. The van der Waals surface area contributed by atoms with Crippen molar-refractivity contribution in [3.63, 3.8) is 0 Å². The molecule has 0 bridgehead atoms. The molecule has 0 aromatic carbocycles. The minimum absolute atomic E-state index is 0.185. The first kappa shape index (κ1) is 13.9. The Kier molecular flexibility index (Phi) is 5.72. The average molecular weight is 248 g/mol. The van der Waals surface area contributed by atoms with E-state index < -0.39 is 10.0 Å². The van der Waals surface area contributed by atoms with Gasteiger partial charge in [0, 0.05) is 19.1 Å². The fourth-order valence-electron chi connectivity index (χ4n) is 1.60. The summed E-state index contributed by atoms with van der Waals surface area (Å²) in [5.41, 5.74) is 0. The molecule has 0 heterocycles. The fourth-order valence-corrected chi connectivity index (χ4v) is 2.62. The van der Waals surface area contributed by atoms with Crippen molar-refractivity contribution in [2.45, 2.75) is 45.6 Å². The molecule has 0 radical (unpaired) electrons. The van der Waals surface area contributed by atoms with Crippen molar-refractivity contribution >= 4 is 10.0 Å². The lowest BCUT2D eigenvalue weighted by atomic mass is 9.86. The lowest BCUT2D eigenvalue weighted by Gasteiger charge is -2.25. The van der Waals surface area contributed by atoms with Gasteiger partial charge in [-0.3, -0.25) is 0 Å². The molecular formula is C11H24N2O2S. The van der Waals surface area contributed by atoms with Gasteiger partial charge in [0.25, 0.3) is 0 Å². The summed E-state index contributed by atoms with van der Waals surface area (Å²) in [6, 6.07) is 0.391. The van der Waals surface area contributed by atoms with Gasteiger partial charge >= 0.3 is 0 Å². The van der Waals surface area contributed by atoms with E-state index >= 15 is 0 Å². The molecule has 2 N–H and O–H groups in total. The Morgan fingerprint density at radius 1 is 1.38 bits per heavy atom. The van der Waals surface area contributed by atoms with E-state index in [1.807, 2.05) is 0 Å². The van der Waals surface area contributed by atoms with Crippen LogP contribution in [0.2, 0.25) is 0 Å². The van der Waals surface area contributed by atoms with E-state index in [1.54, 1.807) is 0 Å². The van der Waals surface area contributed by atoms with Crippen molar-refractivity contribution in [1.82, 2.24) is 10.0 Å². The molecule has 1 fully saturated rings. The second-order valence-electron chi connectivity index (χ2n) is 4.73. The predicted octanol–water partition coefficient (Wildman–Crippen LogP) is 1.09. The highest BCUT2D eigenvalue weighted by molar-refractivity contribution is 7.89. The van der Waals surface area contributed by atoms with Crippen molar-refractivity contribution in [2.24, 2.45) is 5.92 Å². The summed E-state index contributed by atoms with van der Waals surface area (Å²) in [7, 11) is -3.07. The SMILES string of the molecule is CCC(C)NCCS(=O)(=O)NCC1CCC1. The van der Waals surface area contributed by atoms with E-state index in [4.69, 9.17) is 0 Å². The van der Waals surface area contributed by atoms with Crippen LogP contribution in [0.3, 0.4) is 0 Å². The molecule has 0 aromatic heterocycles. The minimum atomic E-state index is -3.07. The van der Waals surface area contributed by atoms with Gasteiger partial charge in [0.05, 0.1) is 5.75 Å². The zero-order chi connectivity index (χ0) is 12.0. The van der Waals surface area contributed by atoms with Crippen molar-refractivity contribution in [2.75, 3.05) is 18.8 Å². The maximum atomic E-state index is 11.6.